The Bertz CT molecular complexity index is 1230. The highest BCUT2D eigenvalue weighted by atomic mass is 32.3. The minimum absolute atomic E-state index is 0.0735. The molecular formula is C19H16F4N2O5S2. The van der Waals surface area contributed by atoms with Crippen molar-refractivity contribution in [3.63, 3.8) is 0 Å². The maximum Gasteiger partial charge on any atom is 0.452 e. The number of nitrogens with one attached hydrogen (secondary N) is 1. The lowest BCUT2D eigenvalue weighted by Gasteiger charge is -2.23. The van der Waals surface area contributed by atoms with Crippen LogP contribution in [-0.2, 0) is 26.4 Å². The SMILES string of the molecule is CC1(c2cccc(F)c2)CC1(NS(=O)(=O)C1CC=C(c2cc(C(F)(F)F)on2)S1)C(=O)O. The minimum atomic E-state index is -4.73. The van der Waals surface area contributed by atoms with Gasteiger partial charge in [0.05, 0.1) is 0 Å². The van der Waals surface area contributed by atoms with Crippen molar-refractivity contribution in [3.8, 4) is 0 Å². The minimum Gasteiger partial charge on any atom is -0.480 e. The molecule has 3 atom stereocenters. The van der Waals surface area contributed by atoms with Crippen molar-refractivity contribution in [1.29, 1.82) is 0 Å². The van der Waals surface area contributed by atoms with Gasteiger partial charge in [0.25, 0.3) is 0 Å². The third-order valence-corrected chi connectivity index (χ3v) is 9.37. The van der Waals surface area contributed by atoms with Gasteiger partial charge in [-0.25, -0.2) is 12.8 Å². The van der Waals surface area contributed by atoms with Crippen LogP contribution in [0.3, 0.4) is 0 Å². The highest BCUT2D eigenvalue weighted by molar-refractivity contribution is 8.18. The van der Waals surface area contributed by atoms with Crippen LogP contribution in [0, 0.1) is 5.82 Å². The second-order valence-corrected chi connectivity index (χ2v) is 11.2. The normalized spacial score (nSPS) is 27.9. The molecule has 0 amide bonds. The van der Waals surface area contributed by atoms with Gasteiger partial charge in [-0.2, -0.15) is 17.9 Å². The molecule has 32 heavy (non-hydrogen) atoms. The molecule has 1 fully saturated rings. The Hall–Kier alpha value is -2.38. The number of carboxylic acid groups (broad SMARTS) is 1. The summed E-state index contributed by atoms with van der Waals surface area (Å²) >= 11 is 0.741. The number of halogens is 4. The molecule has 0 spiro atoms. The predicted molar refractivity (Wildman–Crippen MR) is 106 cm³/mol. The molecule has 2 N–H and O–H groups in total. The Labute approximate surface area is 183 Å². The van der Waals surface area contributed by atoms with Gasteiger partial charge in [0.1, 0.15) is 21.6 Å². The van der Waals surface area contributed by atoms with Crippen LogP contribution in [0.1, 0.15) is 36.8 Å². The largest absolute Gasteiger partial charge is 0.480 e. The highest BCUT2D eigenvalue weighted by Crippen LogP contribution is 2.58. The topological polar surface area (TPSA) is 110 Å². The molecule has 0 saturated heterocycles. The van der Waals surface area contributed by atoms with E-state index in [1.54, 1.807) is 0 Å². The average Bonchev–Trinajstić information content (AvgIpc) is 3.12. The molecular weight excluding hydrogens is 476 g/mol. The summed E-state index contributed by atoms with van der Waals surface area (Å²) < 4.78 is 83.1. The summed E-state index contributed by atoms with van der Waals surface area (Å²) in [5, 5.41) is 13.2. The number of hydrogen-bond acceptors (Lipinski definition) is 6. The maximum absolute atomic E-state index is 13.7. The van der Waals surface area contributed by atoms with Crippen LogP contribution >= 0.6 is 11.8 Å². The summed E-state index contributed by atoms with van der Waals surface area (Å²) in [5.41, 5.74) is -2.88. The van der Waals surface area contributed by atoms with Crippen molar-refractivity contribution < 1.29 is 40.4 Å². The van der Waals surface area contributed by atoms with Gasteiger partial charge in [-0.15, -0.1) is 11.8 Å². The molecule has 13 heteroatoms. The Kier molecular flexibility index (Phi) is 5.21. The number of carbonyl (C=O) groups is 1. The molecule has 1 aromatic heterocycles. The van der Waals surface area contributed by atoms with E-state index in [0.717, 1.165) is 17.8 Å². The summed E-state index contributed by atoms with van der Waals surface area (Å²) in [4.78, 5) is 12.2. The van der Waals surface area contributed by atoms with Crippen LogP contribution in [0.2, 0.25) is 0 Å². The van der Waals surface area contributed by atoms with E-state index in [1.165, 1.54) is 31.2 Å². The van der Waals surface area contributed by atoms with Gasteiger partial charge in [0.2, 0.25) is 15.8 Å². The van der Waals surface area contributed by atoms with Crippen LogP contribution in [-0.4, -0.2) is 34.8 Å². The first-order chi connectivity index (χ1) is 14.8. The zero-order valence-electron chi connectivity index (χ0n) is 16.3. The van der Waals surface area contributed by atoms with Crippen molar-refractivity contribution in [2.24, 2.45) is 0 Å². The smallest absolute Gasteiger partial charge is 0.452 e. The number of allylic oxidation sites excluding steroid dienone is 1. The van der Waals surface area contributed by atoms with Crippen molar-refractivity contribution in [2.45, 2.75) is 41.5 Å². The molecule has 1 aromatic carbocycles. The number of alkyl halides is 3. The van der Waals surface area contributed by atoms with E-state index >= 15 is 0 Å². The van der Waals surface area contributed by atoms with E-state index in [2.05, 4.69) is 14.4 Å². The number of aliphatic carboxylic acids is 1. The number of carboxylic acids is 1. The summed E-state index contributed by atoms with van der Waals surface area (Å²) in [6.45, 7) is 1.53. The number of thioether (sulfide) groups is 1. The van der Waals surface area contributed by atoms with Crippen molar-refractivity contribution in [2.75, 3.05) is 0 Å². The predicted octanol–water partition coefficient (Wildman–Crippen LogP) is 3.74. The van der Waals surface area contributed by atoms with Crippen molar-refractivity contribution in [3.05, 3.63) is 59.2 Å². The first kappa shape index (κ1) is 22.8. The lowest BCUT2D eigenvalue weighted by molar-refractivity contribution is -0.155. The molecule has 3 unspecified atom stereocenters. The number of nitrogens with zero attached hydrogens (tertiary/aromatic N) is 1. The molecule has 0 bridgehead atoms. The summed E-state index contributed by atoms with van der Waals surface area (Å²) in [7, 11) is -4.25. The van der Waals surface area contributed by atoms with Crippen LogP contribution in [0.25, 0.3) is 4.91 Å². The second kappa shape index (κ2) is 7.32. The fourth-order valence-electron chi connectivity index (χ4n) is 3.80. The summed E-state index contributed by atoms with van der Waals surface area (Å²) in [6.07, 6.45) is -3.49. The van der Waals surface area contributed by atoms with Gasteiger partial charge < -0.3 is 9.63 Å². The number of aromatic nitrogens is 1. The Balaban J connectivity index is 1.53. The number of sulfonamides is 1. The first-order valence-corrected chi connectivity index (χ1v) is 11.6. The summed E-state index contributed by atoms with van der Waals surface area (Å²) in [6, 6.07) is 5.95. The molecule has 2 heterocycles. The van der Waals surface area contributed by atoms with Crippen molar-refractivity contribution >= 4 is 32.7 Å². The molecule has 1 aliphatic heterocycles. The van der Waals surface area contributed by atoms with E-state index in [1.807, 2.05) is 0 Å². The van der Waals surface area contributed by atoms with Gasteiger partial charge >= 0.3 is 12.1 Å². The molecule has 2 aromatic rings. The van der Waals surface area contributed by atoms with E-state index in [0.29, 0.717) is 11.6 Å². The van der Waals surface area contributed by atoms with E-state index in [9.17, 15) is 35.9 Å². The number of hydrogen-bond donors (Lipinski definition) is 2. The maximum atomic E-state index is 13.7. The van der Waals surface area contributed by atoms with Crippen molar-refractivity contribution in [1.82, 2.24) is 9.88 Å². The van der Waals surface area contributed by atoms with Gasteiger partial charge in [-0.1, -0.05) is 30.3 Å². The number of benzene rings is 1. The van der Waals surface area contributed by atoms with Gasteiger partial charge in [-0.05, 0) is 30.5 Å². The van der Waals surface area contributed by atoms with Gasteiger partial charge in [0, 0.05) is 16.4 Å². The molecule has 7 nitrogen and oxygen atoms in total. The number of rotatable bonds is 6. The summed E-state index contributed by atoms with van der Waals surface area (Å²) in [5.74, 6) is -3.30. The highest BCUT2D eigenvalue weighted by Gasteiger charge is 2.72. The third-order valence-electron chi connectivity index (χ3n) is 5.72. The van der Waals surface area contributed by atoms with Gasteiger partial charge in [-0.3, -0.25) is 4.79 Å². The van der Waals surface area contributed by atoms with Crippen LogP contribution < -0.4 is 4.72 Å². The lowest BCUT2D eigenvalue weighted by Crippen LogP contribution is -2.50. The lowest BCUT2D eigenvalue weighted by atomic mass is 9.93. The Morgan fingerprint density at radius 1 is 1.34 bits per heavy atom. The molecule has 4 rings (SSSR count). The van der Waals surface area contributed by atoms with E-state index < -0.39 is 49.3 Å². The zero-order chi connectivity index (χ0) is 23.5. The second-order valence-electron chi connectivity index (χ2n) is 7.80. The van der Waals surface area contributed by atoms with Gasteiger partial charge in [0.15, 0.2) is 0 Å². The van der Waals surface area contributed by atoms with Crippen LogP contribution in [0.5, 0.6) is 0 Å². The van der Waals surface area contributed by atoms with E-state index in [4.69, 9.17) is 0 Å². The molecule has 2 aliphatic rings. The quantitative estimate of drug-likeness (QED) is 0.592. The van der Waals surface area contributed by atoms with Crippen LogP contribution in [0.4, 0.5) is 17.6 Å². The Morgan fingerprint density at radius 3 is 2.66 bits per heavy atom. The van der Waals surface area contributed by atoms with E-state index in [-0.39, 0.29) is 23.4 Å². The van der Waals surface area contributed by atoms with Crippen LogP contribution in [0.15, 0.2) is 40.9 Å². The first-order valence-electron chi connectivity index (χ1n) is 9.22. The Morgan fingerprint density at radius 2 is 2.06 bits per heavy atom. The molecule has 0 radical (unpaired) electrons. The molecule has 1 saturated carbocycles. The monoisotopic (exact) mass is 492 g/mol. The fourth-order valence-corrected chi connectivity index (χ4v) is 7.00. The zero-order valence-corrected chi connectivity index (χ0v) is 17.9. The fraction of sp³-hybridized carbons (Fsp3) is 0.368. The average molecular weight is 492 g/mol. The molecule has 1 aliphatic carbocycles. The third kappa shape index (κ3) is 3.71. The molecule has 172 valence electrons. The standard InChI is InChI=1S/C19H16F4N2O5S2/c1-17(10-3-2-4-11(20)7-10)9-18(17,16(26)27)25-32(28,29)15-6-5-13(31-15)12-8-14(30-24-12)19(21,22)23/h2-5,7-8,15,25H,6,9H2,1H3,(H,26,27).